The summed E-state index contributed by atoms with van der Waals surface area (Å²) in [6.45, 7) is 0.438. The van der Waals surface area contributed by atoms with Crippen LogP contribution in [0.3, 0.4) is 0 Å². The van der Waals surface area contributed by atoms with Crippen molar-refractivity contribution >= 4 is 11.0 Å². The highest BCUT2D eigenvalue weighted by Gasteiger charge is 1.98. The fourth-order valence-corrected chi connectivity index (χ4v) is 1.22. The summed E-state index contributed by atoms with van der Waals surface area (Å²) in [5.74, 6) is 0. The van der Waals surface area contributed by atoms with Crippen molar-refractivity contribution in [2.75, 3.05) is 7.11 Å². The summed E-state index contributed by atoms with van der Waals surface area (Å²) in [5, 5.41) is 1.10. The molecule has 0 saturated carbocycles. The van der Waals surface area contributed by atoms with E-state index in [1.54, 1.807) is 6.26 Å². The number of furan rings is 1. The van der Waals surface area contributed by atoms with Crippen molar-refractivity contribution < 1.29 is 14.2 Å². The second-order valence-corrected chi connectivity index (χ2v) is 2.72. The minimum atomic E-state index is 0.438. The summed E-state index contributed by atoms with van der Waals surface area (Å²) in [4.78, 5) is 9.31. The maximum atomic E-state index is 5.24. The maximum Gasteiger partial charge on any atom is 0.134 e. The van der Waals surface area contributed by atoms with E-state index in [1.807, 2.05) is 24.3 Å². The first-order valence-corrected chi connectivity index (χ1v) is 4.02. The van der Waals surface area contributed by atoms with Crippen molar-refractivity contribution in [3.05, 3.63) is 36.1 Å². The fourth-order valence-electron chi connectivity index (χ4n) is 1.22. The van der Waals surface area contributed by atoms with E-state index in [-0.39, 0.29) is 0 Å². The third-order valence-corrected chi connectivity index (χ3v) is 1.86. The van der Waals surface area contributed by atoms with E-state index in [9.17, 15) is 0 Å². The Hall–Kier alpha value is -1.32. The second kappa shape index (κ2) is 3.60. The Kier molecular flexibility index (Phi) is 2.29. The molecule has 1 aromatic heterocycles. The number of hydrogen-bond acceptors (Lipinski definition) is 3. The molecule has 0 bridgehead atoms. The molecule has 3 nitrogen and oxygen atoms in total. The minimum Gasteiger partial charge on any atom is -0.464 e. The highest BCUT2D eigenvalue weighted by molar-refractivity contribution is 5.77. The predicted octanol–water partition coefficient (Wildman–Crippen LogP) is 2.51. The number of rotatable bonds is 3. The van der Waals surface area contributed by atoms with Gasteiger partial charge in [0.2, 0.25) is 0 Å². The Labute approximate surface area is 75.8 Å². The highest BCUT2D eigenvalue weighted by atomic mass is 17.2. The van der Waals surface area contributed by atoms with Crippen molar-refractivity contribution in [3.63, 3.8) is 0 Å². The molecule has 0 unspecified atom stereocenters. The molecule has 0 radical (unpaired) electrons. The van der Waals surface area contributed by atoms with Gasteiger partial charge in [-0.15, -0.1) is 0 Å². The van der Waals surface area contributed by atoms with Gasteiger partial charge in [-0.1, -0.05) is 12.1 Å². The normalized spacial score (nSPS) is 10.8. The van der Waals surface area contributed by atoms with Gasteiger partial charge >= 0.3 is 0 Å². The van der Waals surface area contributed by atoms with Crippen LogP contribution in [0.2, 0.25) is 0 Å². The van der Waals surface area contributed by atoms with Crippen LogP contribution in [0.1, 0.15) is 5.56 Å². The van der Waals surface area contributed by atoms with Gasteiger partial charge < -0.3 is 4.42 Å². The Morgan fingerprint density at radius 2 is 2.23 bits per heavy atom. The van der Waals surface area contributed by atoms with Gasteiger partial charge in [0.15, 0.2) is 0 Å². The zero-order valence-electron chi connectivity index (χ0n) is 7.32. The molecule has 2 aromatic rings. The Morgan fingerprint density at radius 1 is 1.31 bits per heavy atom. The minimum absolute atomic E-state index is 0.438. The molecule has 0 saturated heterocycles. The Balaban J connectivity index is 2.26. The van der Waals surface area contributed by atoms with Crippen LogP contribution >= 0.6 is 0 Å². The van der Waals surface area contributed by atoms with Gasteiger partial charge in [-0.2, -0.15) is 0 Å². The van der Waals surface area contributed by atoms with Crippen molar-refractivity contribution in [1.82, 2.24) is 0 Å². The molecule has 0 aliphatic heterocycles. The summed E-state index contributed by atoms with van der Waals surface area (Å²) < 4.78 is 5.24. The van der Waals surface area contributed by atoms with Crippen LogP contribution in [-0.4, -0.2) is 7.11 Å². The van der Waals surface area contributed by atoms with Crippen LogP contribution in [-0.2, 0) is 16.4 Å². The molecule has 3 heteroatoms. The lowest BCUT2D eigenvalue weighted by molar-refractivity contribution is -0.282. The molecule has 0 fully saturated rings. The lowest BCUT2D eigenvalue weighted by Crippen LogP contribution is -1.90. The molecular weight excluding hydrogens is 168 g/mol. The summed E-state index contributed by atoms with van der Waals surface area (Å²) in [6.07, 6.45) is 1.67. The van der Waals surface area contributed by atoms with Crippen molar-refractivity contribution in [1.29, 1.82) is 0 Å². The molecule has 13 heavy (non-hydrogen) atoms. The molecule has 0 spiro atoms. The van der Waals surface area contributed by atoms with Crippen LogP contribution in [0.15, 0.2) is 34.9 Å². The molecule has 0 atom stereocenters. The Morgan fingerprint density at radius 3 is 3.08 bits per heavy atom. The smallest absolute Gasteiger partial charge is 0.134 e. The lowest BCUT2D eigenvalue weighted by Gasteiger charge is -1.99. The van der Waals surface area contributed by atoms with E-state index in [0.717, 1.165) is 16.5 Å². The SMILES string of the molecule is COOCc1ccc2ccoc2c1. The third-order valence-electron chi connectivity index (χ3n) is 1.86. The monoisotopic (exact) mass is 178 g/mol. The summed E-state index contributed by atoms with van der Waals surface area (Å²) >= 11 is 0. The van der Waals surface area contributed by atoms with E-state index >= 15 is 0 Å². The van der Waals surface area contributed by atoms with Crippen molar-refractivity contribution in [2.45, 2.75) is 6.61 Å². The second-order valence-electron chi connectivity index (χ2n) is 2.72. The van der Waals surface area contributed by atoms with Gasteiger partial charge in [0.1, 0.15) is 12.2 Å². The number of hydrogen-bond donors (Lipinski definition) is 0. The summed E-state index contributed by atoms with van der Waals surface area (Å²) in [5.41, 5.74) is 1.90. The standard InChI is InChI=1S/C10H10O3/c1-11-13-7-8-2-3-9-4-5-12-10(9)6-8/h2-6H,7H2,1H3. The number of benzene rings is 1. The van der Waals surface area contributed by atoms with Crippen LogP contribution in [0.25, 0.3) is 11.0 Å². The van der Waals surface area contributed by atoms with E-state index in [0.29, 0.717) is 6.61 Å². The molecule has 1 heterocycles. The first-order valence-electron chi connectivity index (χ1n) is 4.02. The van der Waals surface area contributed by atoms with Crippen LogP contribution in [0.4, 0.5) is 0 Å². The molecule has 1 aromatic carbocycles. The summed E-state index contributed by atoms with van der Waals surface area (Å²) in [7, 11) is 1.49. The zero-order valence-corrected chi connectivity index (χ0v) is 7.32. The van der Waals surface area contributed by atoms with E-state index in [4.69, 9.17) is 9.30 Å². The first kappa shape index (κ1) is 8.29. The topological polar surface area (TPSA) is 31.6 Å². The largest absolute Gasteiger partial charge is 0.464 e. The van der Waals surface area contributed by atoms with Gasteiger partial charge in [0.05, 0.1) is 13.4 Å². The third kappa shape index (κ3) is 1.71. The molecule has 0 aliphatic rings. The van der Waals surface area contributed by atoms with Gasteiger partial charge in [-0.3, -0.25) is 0 Å². The first-order chi connectivity index (χ1) is 6.40. The van der Waals surface area contributed by atoms with Gasteiger partial charge in [0, 0.05) is 5.39 Å². The van der Waals surface area contributed by atoms with E-state index < -0.39 is 0 Å². The van der Waals surface area contributed by atoms with E-state index in [2.05, 4.69) is 4.89 Å². The van der Waals surface area contributed by atoms with E-state index in [1.165, 1.54) is 7.11 Å². The molecule has 68 valence electrons. The summed E-state index contributed by atoms with van der Waals surface area (Å²) in [6, 6.07) is 7.84. The van der Waals surface area contributed by atoms with Crippen LogP contribution < -0.4 is 0 Å². The van der Waals surface area contributed by atoms with Crippen LogP contribution in [0, 0.1) is 0 Å². The maximum absolute atomic E-state index is 5.24. The average Bonchev–Trinajstić information content (AvgIpc) is 2.61. The average molecular weight is 178 g/mol. The Bertz CT molecular complexity index is 392. The van der Waals surface area contributed by atoms with Crippen molar-refractivity contribution in [2.24, 2.45) is 0 Å². The lowest BCUT2D eigenvalue weighted by atomic mass is 10.2. The quantitative estimate of drug-likeness (QED) is 0.534. The zero-order chi connectivity index (χ0) is 9.10. The van der Waals surface area contributed by atoms with Gasteiger partial charge in [-0.25, -0.2) is 9.78 Å². The molecule has 0 amide bonds. The van der Waals surface area contributed by atoms with Crippen molar-refractivity contribution in [3.8, 4) is 0 Å². The molecule has 0 N–H and O–H groups in total. The molecule has 0 aliphatic carbocycles. The number of fused-ring (bicyclic) bond motifs is 1. The highest BCUT2D eigenvalue weighted by Crippen LogP contribution is 2.17. The fraction of sp³-hybridized carbons (Fsp3) is 0.200. The van der Waals surface area contributed by atoms with Crippen LogP contribution in [0.5, 0.6) is 0 Å². The molecular formula is C10H10O3. The van der Waals surface area contributed by atoms with Gasteiger partial charge in [-0.05, 0) is 17.7 Å². The predicted molar refractivity (Wildman–Crippen MR) is 48.0 cm³/mol. The molecule has 2 rings (SSSR count). The van der Waals surface area contributed by atoms with Gasteiger partial charge in [0.25, 0.3) is 0 Å².